The van der Waals surface area contributed by atoms with Gasteiger partial charge in [-0.15, -0.1) is 0 Å². The Morgan fingerprint density at radius 2 is 1.92 bits per heavy atom. The minimum atomic E-state index is 0.285. The molecule has 0 aliphatic carbocycles. The third-order valence-electron chi connectivity index (χ3n) is 2.48. The molecular formula is C9H17BrN2O. The second-order valence-electron chi connectivity index (χ2n) is 3.25. The third-order valence-corrected chi connectivity index (χ3v) is 2.88. The number of piperazine rings is 1. The van der Waals surface area contributed by atoms with E-state index >= 15 is 0 Å². The van der Waals surface area contributed by atoms with Gasteiger partial charge in [0.15, 0.2) is 0 Å². The van der Waals surface area contributed by atoms with Crippen molar-refractivity contribution in [2.24, 2.45) is 0 Å². The van der Waals surface area contributed by atoms with Gasteiger partial charge in [0.25, 0.3) is 0 Å². The van der Waals surface area contributed by atoms with Crippen molar-refractivity contribution in [2.45, 2.75) is 13.3 Å². The number of carbonyl (C=O) groups is 1. The first kappa shape index (κ1) is 11.0. The maximum atomic E-state index is 11.5. The number of carbonyl (C=O) groups excluding carboxylic acids is 1. The molecule has 4 heteroatoms. The van der Waals surface area contributed by atoms with Crippen molar-refractivity contribution in [3.8, 4) is 0 Å². The number of amides is 1. The lowest BCUT2D eigenvalue weighted by Gasteiger charge is -2.34. The van der Waals surface area contributed by atoms with Crippen molar-refractivity contribution in [1.82, 2.24) is 9.80 Å². The predicted octanol–water partition coefficient (Wildman–Crippen LogP) is 0.935. The van der Waals surface area contributed by atoms with Crippen LogP contribution in [0.3, 0.4) is 0 Å². The van der Waals surface area contributed by atoms with Gasteiger partial charge in [-0.3, -0.25) is 4.79 Å². The van der Waals surface area contributed by atoms with Crippen molar-refractivity contribution in [2.75, 3.05) is 38.1 Å². The van der Waals surface area contributed by atoms with Crippen molar-refractivity contribution >= 4 is 21.8 Å². The normalized spacial score (nSPS) is 19.1. The molecule has 1 amide bonds. The Morgan fingerprint density at radius 1 is 1.31 bits per heavy atom. The van der Waals surface area contributed by atoms with Gasteiger partial charge in [-0.2, -0.15) is 0 Å². The molecule has 3 nitrogen and oxygen atoms in total. The van der Waals surface area contributed by atoms with Crippen LogP contribution >= 0.6 is 15.9 Å². The maximum Gasteiger partial charge on any atom is 0.223 e. The topological polar surface area (TPSA) is 23.6 Å². The average Bonchev–Trinajstić information content (AvgIpc) is 2.18. The van der Waals surface area contributed by atoms with Crippen LogP contribution in [0.15, 0.2) is 0 Å². The van der Waals surface area contributed by atoms with Gasteiger partial charge in [-0.05, 0) is 6.54 Å². The molecule has 1 saturated heterocycles. The molecule has 1 rings (SSSR count). The average molecular weight is 249 g/mol. The number of rotatable bonds is 3. The molecule has 1 fully saturated rings. The van der Waals surface area contributed by atoms with Crippen LogP contribution in [0.25, 0.3) is 0 Å². The molecule has 0 saturated carbocycles. The van der Waals surface area contributed by atoms with Crippen molar-refractivity contribution in [3.05, 3.63) is 0 Å². The summed E-state index contributed by atoms with van der Waals surface area (Å²) < 4.78 is 0. The summed E-state index contributed by atoms with van der Waals surface area (Å²) in [6.45, 7) is 7.13. The van der Waals surface area contributed by atoms with Crippen LogP contribution in [0.5, 0.6) is 0 Å². The van der Waals surface area contributed by atoms with E-state index in [0.29, 0.717) is 6.42 Å². The molecule has 0 radical (unpaired) electrons. The highest BCUT2D eigenvalue weighted by Gasteiger charge is 2.18. The quantitative estimate of drug-likeness (QED) is 0.695. The first-order valence-electron chi connectivity index (χ1n) is 4.84. The van der Waals surface area contributed by atoms with E-state index in [2.05, 4.69) is 27.8 Å². The Labute approximate surface area is 88.2 Å². The Hall–Kier alpha value is -0.0900. The predicted molar refractivity (Wildman–Crippen MR) is 57.1 cm³/mol. The molecule has 0 aromatic rings. The van der Waals surface area contributed by atoms with E-state index in [-0.39, 0.29) is 5.91 Å². The van der Waals surface area contributed by atoms with Gasteiger partial charge in [0.2, 0.25) is 5.91 Å². The van der Waals surface area contributed by atoms with E-state index in [0.717, 1.165) is 38.1 Å². The highest BCUT2D eigenvalue weighted by molar-refractivity contribution is 9.09. The van der Waals surface area contributed by atoms with E-state index in [1.807, 2.05) is 4.90 Å². The van der Waals surface area contributed by atoms with E-state index in [4.69, 9.17) is 0 Å². The lowest BCUT2D eigenvalue weighted by Crippen LogP contribution is -2.48. The van der Waals surface area contributed by atoms with E-state index in [1.165, 1.54) is 0 Å². The van der Waals surface area contributed by atoms with Crippen LogP contribution in [0.4, 0.5) is 0 Å². The highest BCUT2D eigenvalue weighted by Crippen LogP contribution is 2.04. The van der Waals surface area contributed by atoms with Crippen molar-refractivity contribution in [1.29, 1.82) is 0 Å². The zero-order chi connectivity index (χ0) is 9.68. The molecule has 0 spiro atoms. The number of alkyl halides is 1. The van der Waals surface area contributed by atoms with Gasteiger partial charge in [0.1, 0.15) is 0 Å². The second-order valence-corrected chi connectivity index (χ2v) is 4.05. The molecule has 0 aromatic carbocycles. The minimum absolute atomic E-state index is 0.285. The summed E-state index contributed by atoms with van der Waals surface area (Å²) in [4.78, 5) is 15.8. The van der Waals surface area contributed by atoms with E-state index in [9.17, 15) is 4.79 Å². The lowest BCUT2D eigenvalue weighted by molar-refractivity contribution is -0.132. The maximum absolute atomic E-state index is 11.5. The second kappa shape index (κ2) is 5.60. The number of hydrogen-bond acceptors (Lipinski definition) is 2. The van der Waals surface area contributed by atoms with E-state index < -0.39 is 0 Å². The molecular weight excluding hydrogens is 232 g/mol. The molecule has 1 aliphatic heterocycles. The lowest BCUT2D eigenvalue weighted by atomic mass is 10.3. The van der Waals surface area contributed by atoms with Crippen LogP contribution in [0, 0.1) is 0 Å². The molecule has 0 N–H and O–H groups in total. The van der Waals surface area contributed by atoms with Gasteiger partial charge >= 0.3 is 0 Å². The zero-order valence-electron chi connectivity index (χ0n) is 8.13. The van der Waals surface area contributed by atoms with E-state index in [1.54, 1.807) is 0 Å². The SMILES string of the molecule is CCN1CCN(C(=O)CCBr)CC1. The fraction of sp³-hybridized carbons (Fsp3) is 0.889. The number of halogens is 1. The summed E-state index contributed by atoms with van der Waals surface area (Å²) in [7, 11) is 0. The number of nitrogens with zero attached hydrogens (tertiary/aromatic N) is 2. The summed E-state index contributed by atoms with van der Waals surface area (Å²) in [6.07, 6.45) is 0.631. The summed E-state index contributed by atoms with van der Waals surface area (Å²) in [5.41, 5.74) is 0. The third kappa shape index (κ3) is 3.27. The molecule has 1 heterocycles. The zero-order valence-corrected chi connectivity index (χ0v) is 9.72. The van der Waals surface area contributed by atoms with Crippen LogP contribution in [0.2, 0.25) is 0 Å². The number of hydrogen-bond donors (Lipinski definition) is 0. The summed E-state index contributed by atoms with van der Waals surface area (Å²) in [5.74, 6) is 0.285. The van der Waals surface area contributed by atoms with Gasteiger partial charge in [0.05, 0.1) is 0 Å². The fourth-order valence-corrected chi connectivity index (χ4v) is 1.89. The molecule has 76 valence electrons. The molecule has 0 bridgehead atoms. The summed E-state index contributed by atoms with van der Waals surface area (Å²) in [5, 5.41) is 0.778. The molecule has 13 heavy (non-hydrogen) atoms. The monoisotopic (exact) mass is 248 g/mol. The molecule has 0 atom stereocenters. The first-order valence-corrected chi connectivity index (χ1v) is 5.96. The molecule has 1 aliphatic rings. The fourth-order valence-electron chi connectivity index (χ4n) is 1.55. The van der Waals surface area contributed by atoms with Crippen molar-refractivity contribution < 1.29 is 4.79 Å². The van der Waals surface area contributed by atoms with Crippen molar-refractivity contribution in [3.63, 3.8) is 0 Å². The summed E-state index contributed by atoms with van der Waals surface area (Å²) >= 11 is 3.28. The molecule has 0 aromatic heterocycles. The van der Waals surface area contributed by atoms with Gasteiger partial charge in [-0.1, -0.05) is 22.9 Å². The smallest absolute Gasteiger partial charge is 0.223 e. The Morgan fingerprint density at radius 3 is 2.38 bits per heavy atom. The summed E-state index contributed by atoms with van der Waals surface area (Å²) in [6, 6.07) is 0. The standard InChI is InChI=1S/C9H17BrN2O/c1-2-11-5-7-12(8-6-11)9(13)3-4-10/h2-8H2,1H3. The Kier molecular flexibility index (Phi) is 4.73. The largest absolute Gasteiger partial charge is 0.340 e. The first-order chi connectivity index (χ1) is 6.27. The van der Waals surface area contributed by atoms with Gasteiger partial charge < -0.3 is 9.80 Å². The van der Waals surface area contributed by atoms with Crippen LogP contribution < -0.4 is 0 Å². The van der Waals surface area contributed by atoms with Crippen LogP contribution in [0.1, 0.15) is 13.3 Å². The minimum Gasteiger partial charge on any atom is -0.340 e. The van der Waals surface area contributed by atoms with Gasteiger partial charge in [0, 0.05) is 37.9 Å². The van der Waals surface area contributed by atoms with Crippen LogP contribution in [-0.2, 0) is 4.79 Å². The number of likely N-dealkylation sites (N-methyl/N-ethyl adjacent to an activating group) is 1. The Balaban J connectivity index is 2.28. The highest BCUT2D eigenvalue weighted by atomic mass is 79.9. The van der Waals surface area contributed by atoms with Gasteiger partial charge in [-0.25, -0.2) is 0 Å². The van der Waals surface area contributed by atoms with Crippen LogP contribution in [-0.4, -0.2) is 53.8 Å². The molecule has 0 unspecified atom stereocenters. The Bertz CT molecular complexity index is 167.